The molecule has 1 aliphatic heterocycles. The molecule has 37 heavy (non-hydrogen) atoms. The highest BCUT2D eigenvalue weighted by Gasteiger charge is 2.44. The Balaban J connectivity index is 1.72. The van der Waals surface area contributed by atoms with Gasteiger partial charge < -0.3 is 26.2 Å². The van der Waals surface area contributed by atoms with Crippen LogP contribution >= 0.6 is 11.8 Å². The van der Waals surface area contributed by atoms with Crippen molar-refractivity contribution in [3.63, 3.8) is 0 Å². The molecule has 0 aromatic heterocycles. The topological polar surface area (TPSA) is 175 Å². The number of carbonyl (C=O) groups is 4. The second-order valence-corrected chi connectivity index (χ2v) is 10.2. The van der Waals surface area contributed by atoms with E-state index in [1.807, 2.05) is 6.92 Å². The molecule has 1 aromatic rings. The number of carbonyl (C=O) groups excluding carboxylic acids is 2. The minimum Gasteiger partial charge on any atom is -0.481 e. The average Bonchev–Trinajstić information content (AvgIpc) is 3.49. The van der Waals surface area contributed by atoms with Gasteiger partial charge in [0.15, 0.2) is 5.17 Å². The molecule has 3 rings (SSSR count). The lowest BCUT2D eigenvalue weighted by Crippen LogP contribution is -2.46. The third kappa shape index (κ3) is 7.78. The molecule has 1 saturated carbocycles. The Bertz CT molecular complexity index is 1070. The molecule has 1 aliphatic carbocycles. The molecular formula is C25H33N5O6S. The molecule has 2 unspecified atom stereocenters. The predicted octanol–water partition coefficient (Wildman–Crippen LogP) is 2.09. The van der Waals surface area contributed by atoms with Crippen molar-refractivity contribution in [1.82, 2.24) is 10.2 Å². The normalized spacial score (nSPS) is 21.4. The first-order valence-corrected chi connectivity index (χ1v) is 13.2. The summed E-state index contributed by atoms with van der Waals surface area (Å²) in [6, 6.07) is 6.57. The quantitative estimate of drug-likeness (QED) is 0.189. The summed E-state index contributed by atoms with van der Waals surface area (Å²) in [7, 11) is 0. The molecule has 2 aliphatic rings. The summed E-state index contributed by atoms with van der Waals surface area (Å²) in [5.74, 6) is -2.30. The minimum atomic E-state index is -0.981. The molecule has 1 aromatic carbocycles. The lowest BCUT2D eigenvalue weighted by Gasteiger charge is -2.31. The van der Waals surface area contributed by atoms with Crippen molar-refractivity contribution in [3.8, 4) is 0 Å². The van der Waals surface area contributed by atoms with Crippen LogP contribution in [0.2, 0.25) is 0 Å². The number of hydrogen-bond donors (Lipinski definition) is 4. The first kappa shape index (κ1) is 28.2. The van der Waals surface area contributed by atoms with Gasteiger partial charge in [0.25, 0.3) is 5.91 Å². The summed E-state index contributed by atoms with van der Waals surface area (Å²) in [6.07, 6.45) is 4.33. The zero-order chi connectivity index (χ0) is 26.9. The highest BCUT2D eigenvalue weighted by molar-refractivity contribution is 8.15. The van der Waals surface area contributed by atoms with Crippen LogP contribution in [-0.4, -0.2) is 80.3 Å². The van der Waals surface area contributed by atoms with Gasteiger partial charge in [-0.15, -0.1) is 0 Å². The van der Waals surface area contributed by atoms with Crippen LogP contribution in [0.15, 0.2) is 34.3 Å². The van der Waals surface area contributed by atoms with Gasteiger partial charge in [0.05, 0.1) is 6.42 Å². The molecule has 12 heteroatoms. The largest absolute Gasteiger partial charge is 0.481 e. The van der Waals surface area contributed by atoms with E-state index in [0.717, 1.165) is 25.7 Å². The van der Waals surface area contributed by atoms with Gasteiger partial charge in [0.2, 0.25) is 5.91 Å². The number of carboxylic acids is 2. The van der Waals surface area contributed by atoms with Gasteiger partial charge in [-0.2, -0.15) is 4.99 Å². The maximum Gasteiger partial charge on any atom is 0.305 e. The van der Waals surface area contributed by atoms with Crippen molar-refractivity contribution in [1.29, 1.82) is 0 Å². The number of nitrogens with one attached hydrogen (secondary N) is 1. The molecule has 0 radical (unpaired) electrons. The van der Waals surface area contributed by atoms with Crippen LogP contribution in [0, 0.1) is 0 Å². The second kappa shape index (κ2) is 13.2. The summed E-state index contributed by atoms with van der Waals surface area (Å²) in [5.41, 5.74) is 6.96. The van der Waals surface area contributed by atoms with Gasteiger partial charge >= 0.3 is 11.9 Å². The molecule has 5 N–H and O–H groups in total. The van der Waals surface area contributed by atoms with Gasteiger partial charge in [0.1, 0.15) is 11.1 Å². The lowest BCUT2D eigenvalue weighted by atomic mass is 10.1. The Morgan fingerprint density at radius 1 is 1.05 bits per heavy atom. The standard InChI is InChI=1S/C25H33N5O6S/c1-15-21(24(36)28-14-12-20(33)34)37-25(30(15)18-5-2-3-6-18)29-23(35)17-10-8-16(9-11-17)22(26)27-13-4-7-19(31)32/h8-11,15,18,21H,2-7,12-14H2,1H3,(H2,26,27)(H,28,36)(H,31,32)(H,33,34). The van der Waals surface area contributed by atoms with E-state index in [-0.39, 0.29) is 43.2 Å². The zero-order valence-corrected chi connectivity index (χ0v) is 21.6. The van der Waals surface area contributed by atoms with E-state index in [9.17, 15) is 19.2 Å². The third-order valence-corrected chi connectivity index (χ3v) is 7.78. The third-order valence-electron chi connectivity index (χ3n) is 6.40. The number of aliphatic imine (C=N–C) groups is 2. The average molecular weight is 532 g/mol. The number of carboxylic acid groups (broad SMARTS) is 2. The number of amides is 2. The van der Waals surface area contributed by atoms with Crippen molar-refractivity contribution in [2.75, 3.05) is 13.1 Å². The molecule has 200 valence electrons. The van der Waals surface area contributed by atoms with E-state index in [4.69, 9.17) is 15.9 Å². The number of hydrogen-bond acceptors (Lipinski definition) is 6. The Morgan fingerprint density at radius 3 is 2.30 bits per heavy atom. The van der Waals surface area contributed by atoms with E-state index in [1.54, 1.807) is 24.3 Å². The lowest BCUT2D eigenvalue weighted by molar-refractivity contribution is -0.138. The van der Waals surface area contributed by atoms with Gasteiger partial charge in [-0.25, -0.2) is 0 Å². The van der Waals surface area contributed by atoms with Crippen LogP contribution in [0.5, 0.6) is 0 Å². The highest BCUT2D eigenvalue weighted by atomic mass is 32.2. The number of nitrogens with two attached hydrogens (primary N) is 1. The molecule has 0 bridgehead atoms. The molecule has 1 saturated heterocycles. The second-order valence-electron chi connectivity index (χ2n) is 9.10. The summed E-state index contributed by atoms with van der Waals surface area (Å²) in [6.45, 7) is 2.28. The molecule has 11 nitrogen and oxygen atoms in total. The van der Waals surface area contributed by atoms with Gasteiger partial charge in [0, 0.05) is 42.7 Å². The number of aliphatic carboxylic acids is 2. The number of nitrogens with zero attached hydrogens (tertiary/aromatic N) is 3. The van der Waals surface area contributed by atoms with Crippen LogP contribution in [0.3, 0.4) is 0 Å². The van der Waals surface area contributed by atoms with E-state index in [2.05, 4.69) is 20.2 Å². The summed E-state index contributed by atoms with van der Waals surface area (Å²) in [4.78, 5) is 57.9. The monoisotopic (exact) mass is 531 g/mol. The summed E-state index contributed by atoms with van der Waals surface area (Å²) >= 11 is 1.24. The fraction of sp³-hybridized carbons (Fsp3) is 0.520. The molecular weight excluding hydrogens is 498 g/mol. The Morgan fingerprint density at radius 2 is 1.68 bits per heavy atom. The Hall–Kier alpha value is -3.41. The highest BCUT2D eigenvalue weighted by Crippen LogP contribution is 2.38. The van der Waals surface area contributed by atoms with Crippen molar-refractivity contribution < 1.29 is 29.4 Å². The van der Waals surface area contributed by atoms with Crippen LogP contribution in [0.1, 0.15) is 67.8 Å². The van der Waals surface area contributed by atoms with E-state index < -0.39 is 23.1 Å². The van der Waals surface area contributed by atoms with Gasteiger partial charge in [-0.05, 0) is 38.3 Å². The SMILES string of the molecule is CC1C(C(=O)NCCC(=O)O)SC(=NC(=O)c2ccc(C(N)=NCCCC(=O)O)cc2)N1C1CCCC1. The van der Waals surface area contributed by atoms with E-state index in [1.165, 1.54) is 11.8 Å². The van der Waals surface area contributed by atoms with Crippen LogP contribution < -0.4 is 11.1 Å². The summed E-state index contributed by atoms with van der Waals surface area (Å²) in [5, 5.41) is 20.2. The summed E-state index contributed by atoms with van der Waals surface area (Å²) < 4.78 is 0. The first-order valence-electron chi connectivity index (χ1n) is 12.4. The van der Waals surface area contributed by atoms with E-state index in [0.29, 0.717) is 29.3 Å². The van der Waals surface area contributed by atoms with Crippen molar-refractivity contribution in [3.05, 3.63) is 35.4 Å². The molecule has 2 fully saturated rings. The number of thioether (sulfide) groups is 1. The Kier molecular flexibility index (Phi) is 10.1. The maximum absolute atomic E-state index is 13.0. The van der Waals surface area contributed by atoms with Crippen molar-refractivity contribution >= 4 is 46.5 Å². The number of rotatable bonds is 11. The smallest absolute Gasteiger partial charge is 0.305 e. The molecule has 2 atom stereocenters. The molecule has 1 heterocycles. The first-order chi connectivity index (χ1) is 17.7. The van der Waals surface area contributed by atoms with Crippen LogP contribution in [0.25, 0.3) is 0 Å². The minimum absolute atomic E-state index is 0.0178. The zero-order valence-electron chi connectivity index (χ0n) is 20.8. The predicted molar refractivity (Wildman–Crippen MR) is 141 cm³/mol. The fourth-order valence-corrected chi connectivity index (χ4v) is 5.79. The van der Waals surface area contributed by atoms with Crippen LogP contribution in [-0.2, 0) is 14.4 Å². The van der Waals surface area contributed by atoms with Crippen molar-refractivity contribution in [2.45, 2.75) is 69.2 Å². The maximum atomic E-state index is 13.0. The number of amidine groups is 2. The molecule has 2 amide bonds. The van der Waals surface area contributed by atoms with E-state index >= 15 is 0 Å². The van der Waals surface area contributed by atoms with Gasteiger partial charge in [-0.3, -0.25) is 24.2 Å². The van der Waals surface area contributed by atoms with Crippen LogP contribution in [0.4, 0.5) is 0 Å². The number of benzene rings is 1. The van der Waals surface area contributed by atoms with Gasteiger partial charge in [-0.1, -0.05) is 36.7 Å². The molecule has 0 spiro atoms. The van der Waals surface area contributed by atoms with Crippen molar-refractivity contribution in [2.24, 2.45) is 15.7 Å². The fourth-order valence-electron chi connectivity index (χ4n) is 4.47. The Labute approximate surface area is 219 Å².